The summed E-state index contributed by atoms with van der Waals surface area (Å²) in [6.07, 6.45) is 0. The van der Waals surface area contributed by atoms with E-state index in [1.807, 2.05) is 24.3 Å². The number of nitrogens with zero attached hydrogens (tertiary/aromatic N) is 1. The number of hydrogen-bond donors (Lipinski definition) is 2. The molecule has 5 heteroatoms. The molecule has 1 aromatic heterocycles. The first kappa shape index (κ1) is 13.2. The third kappa shape index (κ3) is 2.33. The number of benzene rings is 2. The molecule has 3 aromatic rings. The number of methoxy groups -OCH3 is 1. The van der Waals surface area contributed by atoms with Gasteiger partial charge in [-0.3, -0.25) is 5.10 Å². The Morgan fingerprint density at radius 1 is 1.10 bits per heavy atom. The lowest BCUT2D eigenvalue weighted by molar-refractivity contribution is 0.415. The van der Waals surface area contributed by atoms with E-state index in [9.17, 15) is 4.39 Å². The number of rotatable bonds is 3. The third-order valence-electron chi connectivity index (χ3n) is 3.32. The van der Waals surface area contributed by atoms with Gasteiger partial charge in [-0.15, -0.1) is 0 Å². The maximum atomic E-state index is 14.0. The highest BCUT2D eigenvalue weighted by Gasteiger charge is 2.17. The molecule has 2 aromatic carbocycles. The van der Waals surface area contributed by atoms with Crippen molar-refractivity contribution in [3.8, 4) is 28.1 Å². The van der Waals surface area contributed by atoms with Gasteiger partial charge in [0.15, 0.2) is 5.82 Å². The normalized spacial score (nSPS) is 10.6. The molecule has 106 valence electrons. The zero-order valence-corrected chi connectivity index (χ0v) is 11.4. The van der Waals surface area contributed by atoms with E-state index >= 15 is 0 Å². The molecule has 4 nitrogen and oxygen atoms in total. The van der Waals surface area contributed by atoms with Gasteiger partial charge in [-0.05, 0) is 30.3 Å². The van der Waals surface area contributed by atoms with Crippen LogP contribution in [0.1, 0.15) is 0 Å². The molecule has 0 atom stereocenters. The number of aromatic nitrogens is 2. The molecule has 0 aliphatic rings. The Bertz CT molecular complexity index is 765. The lowest BCUT2D eigenvalue weighted by atomic mass is 10.0. The van der Waals surface area contributed by atoms with Crippen LogP contribution in [0.3, 0.4) is 0 Å². The largest absolute Gasteiger partial charge is 0.497 e. The Hall–Kier alpha value is -2.82. The average Bonchev–Trinajstić information content (AvgIpc) is 2.89. The molecule has 0 aliphatic heterocycles. The van der Waals surface area contributed by atoms with Crippen LogP contribution in [0.5, 0.6) is 5.75 Å². The lowest BCUT2D eigenvalue weighted by Crippen LogP contribution is -1.91. The van der Waals surface area contributed by atoms with Gasteiger partial charge in [0.05, 0.1) is 18.4 Å². The van der Waals surface area contributed by atoms with Crippen LogP contribution in [-0.2, 0) is 0 Å². The highest BCUT2D eigenvalue weighted by Crippen LogP contribution is 2.36. The van der Waals surface area contributed by atoms with E-state index < -0.39 is 0 Å². The summed E-state index contributed by atoms with van der Waals surface area (Å²) >= 11 is 0. The summed E-state index contributed by atoms with van der Waals surface area (Å²) in [5, 5.41) is 6.88. The quantitative estimate of drug-likeness (QED) is 0.773. The molecule has 3 N–H and O–H groups in total. The second-order valence-corrected chi connectivity index (χ2v) is 4.57. The summed E-state index contributed by atoms with van der Waals surface area (Å²) < 4.78 is 19.2. The molecule has 21 heavy (non-hydrogen) atoms. The van der Waals surface area contributed by atoms with Gasteiger partial charge in [-0.2, -0.15) is 5.10 Å². The average molecular weight is 283 g/mol. The summed E-state index contributed by atoms with van der Waals surface area (Å²) in [7, 11) is 1.61. The maximum absolute atomic E-state index is 14.0. The first-order chi connectivity index (χ1) is 10.2. The van der Waals surface area contributed by atoms with Crippen molar-refractivity contribution in [3.05, 3.63) is 54.3 Å². The summed E-state index contributed by atoms with van der Waals surface area (Å²) in [6.45, 7) is 0. The molecule has 1 heterocycles. The second kappa shape index (κ2) is 5.28. The summed E-state index contributed by atoms with van der Waals surface area (Å²) in [4.78, 5) is 0. The molecule has 0 aliphatic carbocycles. The zero-order chi connectivity index (χ0) is 14.8. The lowest BCUT2D eigenvalue weighted by Gasteiger charge is -2.07. The van der Waals surface area contributed by atoms with Crippen LogP contribution in [0.25, 0.3) is 22.4 Å². The highest BCUT2D eigenvalue weighted by atomic mass is 19.1. The van der Waals surface area contributed by atoms with Crippen LogP contribution in [0.2, 0.25) is 0 Å². The molecular formula is C16H14FN3O. The Labute approximate surface area is 121 Å². The fourth-order valence-corrected chi connectivity index (χ4v) is 2.26. The second-order valence-electron chi connectivity index (χ2n) is 4.57. The van der Waals surface area contributed by atoms with E-state index in [1.54, 1.807) is 25.3 Å². The number of aromatic amines is 1. The molecule has 3 rings (SSSR count). The van der Waals surface area contributed by atoms with E-state index in [1.165, 1.54) is 6.07 Å². The number of nitrogens with two attached hydrogens (primary N) is 1. The van der Waals surface area contributed by atoms with Crippen LogP contribution in [-0.4, -0.2) is 17.3 Å². The predicted molar refractivity (Wildman–Crippen MR) is 80.4 cm³/mol. The Balaban J connectivity index is 2.15. The Morgan fingerprint density at radius 3 is 2.48 bits per heavy atom. The topological polar surface area (TPSA) is 63.9 Å². The smallest absolute Gasteiger partial charge is 0.153 e. The maximum Gasteiger partial charge on any atom is 0.153 e. The van der Waals surface area contributed by atoms with E-state index in [0.29, 0.717) is 16.8 Å². The minimum atomic E-state index is -0.333. The SMILES string of the molecule is COc1ccc(-c2[nH]nc(N)c2-c2ccccc2F)cc1. The monoisotopic (exact) mass is 283 g/mol. The van der Waals surface area contributed by atoms with Gasteiger partial charge in [0.1, 0.15) is 11.6 Å². The minimum absolute atomic E-state index is 0.269. The van der Waals surface area contributed by atoms with Gasteiger partial charge in [-0.1, -0.05) is 18.2 Å². The third-order valence-corrected chi connectivity index (χ3v) is 3.32. The van der Waals surface area contributed by atoms with Gasteiger partial charge in [0.25, 0.3) is 0 Å². The summed E-state index contributed by atoms with van der Waals surface area (Å²) in [5.41, 5.74) is 8.44. The Morgan fingerprint density at radius 2 is 1.81 bits per heavy atom. The molecule has 0 saturated carbocycles. The van der Waals surface area contributed by atoms with Crippen molar-refractivity contribution in [2.45, 2.75) is 0 Å². The van der Waals surface area contributed by atoms with Gasteiger partial charge in [0, 0.05) is 11.1 Å². The number of anilines is 1. The predicted octanol–water partition coefficient (Wildman–Crippen LogP) is 3.47. The standard InChI is InChI=1S/C16H14FN3O/c1-21-11-8-6-10(7-9-11)15-14(16(18)20-19-15)12-4-2-3-5-13(12)17/h2-9H,1H3,(H3,18,19,20). The first-order valence-electron chi connectivity index (χ1n) is 6.44. The number of hydrogen-bond acceptors (Lipinski definition) is 3. The molecule has 0 fully saturated rings. The highest BCUT2D eigenvalue weighted by molar-refractivity contribution is 5.88. The first-order valence-corrected chi connectivity index (χ1v) is 6.44. The summed E-state index contributed by atoms with van der Waals surface area (Å²) in [5.74, 6) is 0.685. The van der Waals surface area contributed by atoms with E-state index in [2.05, 4.69) is 10.2 Å². The fraction of sp³-hybridized carbons (Fsp3) is 0.0625. The van der Waals surface area contributed by atoms with Crippen molar-refractivity contribution in [2.24, 2.45) is 0 Å². The van der Waals surface area contributed by atoms with Crippen molar-refractivity contribution in [1.29, 1.82) is 0 Å². The van der Waals surface area contributed by atoms with E-state index in [4.69, 9.17) is 10.5 Å². The number of nitrogens with one attached hydrogen (secondary N) is 1. The van der Waals surface area contributed by atoms with Gasteiger partial charge in [0.2, 0.25) is 0 Å². The van der Waals surface area contributed by atoms with Crippen molar-refractivity contribution in [3.63, 3.8) is 0 Å². The van der Waals surface area contributed by atoms with Crippen LogP contribution in [0.15, 0.2) is 48.5 Å². The van der Waals surface area contributed by atoms with Gasteiger partial charge < -0.3 is 10.5 Å². The number of H-pyrrole nitrogens is 1. The number of ether oxygens (including phenoxy) is 1. The van der Waals surface area contributed by atoms with Gasteiger partial charge >= 0.3 is 0 Å². The van der Waals surface area contributed by atoms with Crippen LogP contribution in [0.4, 0.5) is 10.2 Å². The minimum Gasteiger partial charge on any atom is -0.497 e. The fourth-order valence-electron chi connectivity index (χ4n) is 2.26. The Kier molecular flexibility index (Phi) is 3.31. The zero-order valence-electron chi connectivity index (χ0n) is 11.4. The molecule has 0 radical (unpaired) electrons. The van der Waals surface area contributed by atoms with Crippen molar-refractivity contribution < 1.29 is 9.13 Å². The summed E-state index contributed by atoms with van der Waals surface area (Å²) in [6, 6.07) is 13.9. The molecule has 0 saturated heterocycles. The van der Waals surface area contributed by atoms with Crippen LogP contribution >= 0.6 is 0 Å². The van der Waals surface area contributed by atoms with E-state index in [0.717, 1.165) is 11.3 Å². The van der Waals surface area contributed by atoms with Crippen LogP contribution < -0.4 is 10.5 Å². The van der Waals surface area contributed by atoms with E-state index in [-0.39, 0.29) is 11.6 Å². The van der Waals surface area contributed by atoms with Gasteiger partial charge in [-0.25, -0.2) is 4.39 Å². The van der Waals surface area contributed by atoms with Crippen molar-refractivity contribution in [2.75, 3.05) is 12.8 Å². The molecular weight excluding hydrogens is 269 g/mol. The van der Waals surface area contributed by atoms with Crippen molar-refractivity contribution >= 4 is 5.82 Å². The molecule has 0 bridgehead atoms. The molecule has 0 amide bonds. The molecule has 0 unspecified atom stereocenters. The molecule has 0 spiro atoms. The van der Waals surface area contributed by atoms with Crippen molar-refractivity contribution in [1.82, 2.24) is 10.2 Å². The number of halogens is 1. The van der Waals surface area contributed by atoms with Crippen LogP contribution in [0, 0.1) is 5.82 Å². The number of nitrogen functional groups attached to an aromatic ring is 1.